The Morgan fingerprint density at radius 2 is 0.732 bits per heavy atom. The molecule has 2 aliphatic rings. The highest BCUT2D eigenvalue weighted by Gasteiger charge is 2.43. The minimum absolute atomic E-state index is 0.108. The van der Waals surface area contributed by atoms with Gasteiger partial charge in [0, 0.05) is 73.5 Å². The van der Waals surface area contributed by atoms with Gasteiger partial charge in [-0.1, -0.05) is 24.3 Å². The molecule has 14 nitrogen and oxygen atoms in total. The van der Waals surface area contributed by atoms with E-state index >= 15 is 0 Å². The van der Waals surface area contributed by atoms with Crippen LogP contribution in [0.5, 0.6) is 0 Å². The number of nitrogens with one attached hydrogen (secondary N) is 6. The van der Waals surface area contributed by atoms with Gasteiger partial charge in [0.05, 0.1) is 0 Å². The lowest BCUT2D eigenvalue weighted by molar-refractivity contribution is 0.153. The van der Waals surface area contributed by atoms with Crippen molar-refractivity contribution in [2.45, 2.75) is 141 Å². The van der Waals surface area contributed by atoms with E-state index in [-0.39, 0.29) is 34.2 Å². The number of rotatable bonds is 23. The minimum Gasteiger partial charge on any atom is -0.354 e. The van der Waals surface area contributed by atoms with E-state index in [0.717, 1.165) is 51.4 Å². The third-order valence-electron chi connectivity index (χ3n) is 10.1. The van der Waals surface area contributed by atoms with Crippen molar-refractivity contribution in [2.75, 3.05) is 70.3 Å². The van der Waals surface area contributed by atoms with Crippen LogP contribution < -0.4 is 41.7 Å². The van der Waals surface area contributed by atoms with Gasteiger partial charge in [0.2, 0.25) is 35.7 Å². The van der Waals surface area contributed by atoms with Crippen molar-refractivity contribution in [2.24, 2.45) is 0 Å². The van der Waals surface area contributed by atoms with Gasteiger partial charge in [-0.05, 0) is 107 Å². The lowest BCUT2D eigenvalue weighted by Crippen LogP contribution is -2.64. The Bertz CT molecular complexity index is 1390. The Morgan fingerprint density at radius 3 is 0.964 bits per heavy atom. The SMILES string of the molecule is C=CCCNc1nc(NCCC=C)nc(N(CCN(c2nc(NCCC=C)nc(NCCC=C)n2)C2CC(C)(C)NC(C)(C)C2)C2CC(C)(C)NC(C)(C)C2)n1. The molecule has 0 atom stereocenters. The predicted molar refractivity (Wildman–Crippen MR) is 236 cm³/mol. The fourth-order valence-electron chi connectivity index (χ4n) is 8.53. The summed E-state index contributed by atoms with van der Waals surface area (Å²) >= 11 is 0. The zero-order valence-electron chi connectivity index (χ0n) is 35.8. The molecule has 0 aliphatic carbocycles. The van der Waals surface area contributed by atoms with E-state index in [4.69, 9.17) is 29.9 Å². The molecule has 6 N–H and O–H groups in total. The first-order valence-electron chi connectivity index (χ1n) is 20.5. The second kappa shape index (κ2) is 19.7. The van der Waals surface area contributed by atoms with E-state index in [9.17, 15) is 0 Å². The smallest absolute Gasteiger partial charge is 0.232 e. The summed E-state index contributed by atoms with van der Waals surface area (Å²) in [7, 11) is 0. The van der Waals surface area contributed by atoms with Crippen LogP contribution in [-0.2, 0) is 0 Å². The van der Waals surface area contributed by atoms with Crippen molar-refractivity contribution in [1.29, 1.82) is 0 Å². The molecule has 14 heteroatoms. The maximum absolute atomic E-state index is 5.10. The van der Waals surface area contributed by atoms with Crippen LogP contribution in [0.2, 0.25) is 0 Å². The van der Waals surface area contributed by atoms with E-state index in [0.29, 0.717) is 75.0 Å². The molecule has 2 aromatic rings. The Balaban J connectivity index is 1.84. The quantitative estimate of drug-likeness (QED) is 0.0510. The van der Waals surface area contributed by atoms with Gasteiger partial charge in [-0.15, -0.1) is 26.3 Å². The molecule has 0 spiro atoms. The van der Waals surface area contributed by atoms with Crippen molar-refractivity contribution >= 4 is 35.7 Å². The molecule has 2 aliphatic heterocycles. The maximum Gasteiger partial charge on any atom is 0.232 e. The number of nitrogens with zero attached hydrogens (tertiary/aromatic N) is 8. The number of hydrogen-bond donors (Lipinski definition) is 6. The lowest BCUT2D eigenvalue weighted by atomic mass is 9.78. The highest BCUT2D eigenvalue weighted by molar-refractivity contribution is 5.48. The zero-order valence-corrected chi connectivity index (χ0v) is 35.8. The van der Waals surface area contributed by atoms with Crippen molar-refractivity contribution in [1.82, 2.24) is 40.5 Å². The predicted octanol–water partition coefficient (Wildman–Crippen LogP) is 6.94. The second-order valence-corrected chi connectivity index (χ2v) is 17.9. The van der Waals surface area contributed by atoms with Gasteiger partial charge < -0.3 is 41.7 Å². The first kappa shape index (κ1) is 44.4. The second-order valence-electron chi connectivity index (χ2n) is 17.9. The summed E-state index contributed by atoms with van der Waals surface area (Å²) in [5, 5.41) is 21.4. The number of aromatic nitrogens is 6. The summed E-state index contributed by atoms with van der Waals surface area (Å²) < 4.78 is 0. The molecule has 4 heterocycles. The van der Waals surface area contributed by atoms with Crippen LogP contribution in [0.15, 0.2) is 50.6 Å². The summed E-state index contributed by atoms with van der Waals surface area (Å²) in [5.74, 6) is 3.44. The van der Waals surface area contributed by atoms with Crippen LogP contribution >= 0.6 is 0 Å². The molecule has 0 saturated carbocycles. The number of piperidine rings is 2. The first-order chi connectivity index (χ1) is 26.5. The van der Waals surface area contributed by atoms with E-state index < -0.39 is 0 Å². The molecular formula is C42H72N14. The van der Waals surface area contributed by atoms with Crippen LogP contribution in [0.3, 0.4) is 0 Å². The molecule has 4 rings (SSSR count). The Hall–Kier alpha value is -4.30. The van der Waals surface area contributed by atoms with Crippen LogP contribution in [0.4, 0.5) is 35.7 Å². The molecule has 0 unspecified atom stereocenters. The van der Waals surface area contributed by atoms with Gasteiger partial charge in [0.15, 0.2) is 0 Å². The summed E-state index contributed by atoms with van der Waals surface area (Å²) in [6.45, 7) is 37.8. The molecule has 310 valence electrons. The van der Waals surface area contributed by atoms with E-state index in [2.05, 4.69) is 123 Å². The van der Waals surface area contributed by atoms with Gasteiger partial charge in [-0.25, -0.2) is 0 Å². The number of hydrogen-bond acceptors (Lipinski definition) is 14. The summed E-state index contributed by atoms with van der Waals surface area (Å²) in [6.07, 6.45) is 14.4. The lowest BCUT2D eigenvalue weighted by Gasteiger charge is -2.51. The van der Waals surface area contributed by atoms with E-state index in [1.165, 1.54) is 0 Å². The molecular weight excluding hydrogens is 701 g/mol. The molecule has 2 aromatic heterocycles. The maximum atomic E-state index is 5.10. The van der Waals surface area contributed by atoms with Crippen molar-refractivity contribution < 1.29 is 0 Å². The molecule has 0 aromatic carbocycles. The van der Waals surface area contributed by atoms with Crippen LogP contribution in [0.1, 0.15) is 107 Å². The average Bonchev–Trinajstić information content (AvgIpc) is 3.08. The molecule has 0 amide bonds. The zero-order chi connectivity index (χ0) is 41.0. The van der Waals surface area contributed by atoms with Crippen LogP contribution in [0.25, 0.3) is 0 Å². The van der Waals surface area contributed by atoms with Gasteiger partial charge in [-0.2, -0.15) is 29.9 Å². The Morgan fingerprint density at radius 1 is 0.482 bits per heavy atom. The van der Waals surface area contributed by atoms with Gasteiger partial charge >= 0.3 is 0 Å². The fraction of sp³-hybridized carbons (Fsp3) is 0.667. The monoisotopic (exact) mass is 773 g/mol. The van der Waals surface area contributed by atoms with Gasteiger partial charge in [0.1, 0.15) is 0 Å². The third-order valence-corrected chi connectivity index (χ3v) is 10.1. The standard InChI is InChI=1S/C42H72N14/c1-13-17-21-43-33-47-34(44-22-18-14-2)50-37(49-33)55(31-27-39(5,6)53-40(7,8)28-31)25-26-56(32-29-41(9,10)54-42(11,12)30-32)38-51-35(45-23-19-15-3)48-36(52-38)46-24-20-16-4/h13-16,31-32,53-54H,1-4,17-30H2,5-12H3,(H2,43,44,47,49,50)(H2,45,46,48,51,52). The molecule has 0 radical (unpaired) electrons. The summed E-state index contributed by atoms with van der Waals surface area (Å²) in [4.78, 5) is 34.7. The first-order valence-corrected chi connectivity index (χ1v) is 20.5. The average molecular weight is 773 g/mol. The molecule has 2 fully saturated rings. The Kier molecular flexibility index (Phi) is 15.6. The molecule has 2 saturated heterocycles. The summed E-state index contributed by atoms with van der Waals surface area (Å²) in [5.41, 5.74) is -0.433. The van der Waals surface area contributed by atoms with Gasteiger partial charge in [-0.3, -0.25) is 0 Å². The highest BCUT2D eigenvalue weighted by atomic mass is 15.4. The third kappa shape index (κ3) is 13.7. The van der Waals surface area contributed by atoms with Crippen molar-refractivity contribution in [3.8, 4) is 0 Å². The van der Waals surface area contributed by atoms with Crippen LogP contribution in [-0.4, -0.2) is 103 Å². The number of anilines is 6. The van der Waals surface area contributed by atoms with Crippen molar-refractivity contribution in [3.63, 3.8) is 0 Å². The minimum atomic E-state index is -0.108. The fourth-order valence-corrected chi connectivity index (χ4v) is 8.53. The van der Waals surface area contributed by atoms with Crippen LogP contribution in [0, 0.1) is 0 Å². The largest absolute Gasteiger partial charge is 0.354 e. The highest BCUT2D eigenvalue weighted by Crippen LogP contribution is 2.36. The topological polar surface area (TPSA) is 156 Å². The normalized spacial score (nSPS) is 18.6. The summed E-state index contributed by atoms with van der Waals surface area (Å²) in [6, 6.07) is 0.276. The molecule has 0 bridgehead atoms. The van der Waals surface area contributed by atoms with Gasteiger partial charge in [0.25, 0.3) is 0 Å². The van der Waals surface area contributed by atoms with E-state index in [1.807, 2.05) is 24.3 Å². The molecule has 56 heavy (non-hydrogen) atoms. The Labute approximate surface area is 337 Å². The van der Waals surface area contributed by atoms with E-state index in [1.54, 1.807) is 0 Å². The van der Waals surface area contributed by atoms with Crippen molar-refractivity contribution in [3.05, 3.63) is 50.6 Å².